The molecule has 25 heavy (non-hydrogen) atoms. The molecule has 7 heteroatoms. The summed E-state index contributed by atoms with van der Waals surface area (Å²) in [6, 6.07) is 3.94. The van der Waals surface area contributed by atoms with Gasteiger partial charge >= 0.3 is 0 Å². The van der Waals surface area contributed by atoms with Gasteiger partial charge in [0.1, 0.15) is 13.2 Å². The fourth-order valence-electron chi connectivity index (χ4n) is 2.59. The van der Waals surface area contributed by atoms with Gasteiger partial charge in [0.25, 0.3) is 0 Å². The van der Waals surface area contributed by atoms with Crippen LogP contribution in [0.5, 0.6) is 11.5 Å². The van der Waals surface area contributed by atoms with Gasteiger partial charge in [0.2, 0.25) is 0 Å². The van der Waals surface area contributed by atoms with Gasteiger partial charge in [-0.3, -0.25) is 4.99 Å². The van der Waals surface area contributed by atoms with Gasteiger partial charge in [-0.2, -0.15) is 0 Å². The predicted molar refractivity (Wildman–Crippen MR) is 115 cm³/mol. The van der Waals surface area contributed by atoms with E-state index in [4.69, 9.17) is 21.1 Å². The van der Waals surface area contributed by atoms with E-state index in [9.17, 15) is 0 Å². The van der Waals surface area contributed by atoms with Crippen LogP contribution < -0.4 is 14.8 Å². The first-order valence-corrected chi connectivity index (χ1v) is 8.64. The molecule has 0 aromatic heterocycles. The molecule has 0 amide bonds. The smallest absolute Gasteiger partial charge is 0.193 e. The van der Waals surface area contributed by atoms with Crippen molar-refractivity contribution in [3.05, 3.63) is 35.4 Å². The third-order valence-corrected chi connectivity index (χ3v) is 4.11. The molecule has 0 fully saturated rings. The van der Waals surface area contributed by atoms with Gasteiger partial charge in [0.15, 0.2) is 17.5 Å². The molecule has 1 aliphatic heterocycles. The van der Waals surface area contributed by atoms with Crippen LogP contribution in [0.2, 0.25) is 5.02 Å². The Morgan fingerprint density at radius 3 is 2.88 bits per heavy atom. The SMILES string of the molecule is C=CCCCN(C)C(=NC)NCCc1cc(Cl)c2c(c1)OCCO2.I. The summed E-state index contributed by atoms with van der Waals surface area (Å²) < 4.78 is 11.2. The van der Waals surface area contributed by atoms with Crippen molar-refractivity contribution in [2.45, 2.75) is 19.3 Å². The lowest BCUT2D eigenvalue weighted by Crippen LogP contribution is -2.40. The number of nitrogens with one attached hydrogen (secondary N) is 1. The van der Waals surface area contributed by atoms with Gasteiger partial charge < -0.3 is 19.7 Å². The van der Waals surface area contributed by atoms with Crippen molar-refractivity contribution >= 4 is 41.5 Å². The molecule has 0 atom stereocenters. The van der Waals surface area contributed by atoms with Crippen LogP contribution in [0.4, 0.5) is 0 Å². The van der Waals surface area contributed by atoms with Gasteiger partial charge in [-0.1, -0.05) is 17.7 Å². The van der Waals surface area contributed by atoms with Gasteiger partial charge in [-0.25, -0.2) is 0 Å². The van der Waals surface area contributed by atoms with Crippen LogP contribution in [-0.4, -0.2) is 51.3 Å². The first-order chi connectivity index (χ1) is 11.7. The number of guanidine groups is 1. The number of halogens is 2. The highest BCUT2D eigenvalue weighted by Gasteiger charge is 2.16. The summed E-state index contributed by atoms with van der Waals surface area (Å²) in [5, 5.41) is 3.98. The molecular formula is C18H27ClIN3O2. The third kappa shape index (κ3) is 6.58. The van der Waals surface area contributed by atoms with Crippen LogP contribution in [0.3, 0.4) is 0 Å². The number of hydrogen-bond donors (Lipinski definition) is 1. The lowest BCUT2D eigenvalue weighted by atomic mass is 10.1. The average molecular weight is 480 g/mol. The molecule has 0 spiro atoms. The predicted octanol–water partition coefficient (Wildman–Crippen LogP) is 3.75. The second kappa shape index (κ2) is 11.5. The largest absolute Gasteiger partial charge is 0.486 e. The monoisotopic (exact) mass is 479 g/mol. The Morgan fingerprint density at radius 1 is 1.40 bits per heavy atom. The summed E-state index contributed by atoms with van der Waals surface area (Å²) in [5.41, 5.74) is 1.11. The molecule has 0 radical (unpaired) electrons. The second-order valence-corrected chi connectivity index (χ2v) is 6.09. The number of rotatable bonds is 7. The summed E-state index contributed by atoms with van der Waals surface area (Å²) in [6.45, 7) is 6.57. The Morgan fingerprint density at radius 2 is 2.16 bits per heavy atom. The Hall–Kier alpha value is -1.15. The van der Waals surface area contributed by atoms with Crippen molar-refractivity contribution in [3.8, 4) is 11.5 Å². The zero-order valence-corrected chi connectivity index (χ0v) is 18.0. The summed E-state index contributed by atoms with van der Waals surface area (Å²) >= 11 is 6.27. The summed E-state index contributed by atoms with van der Waals surface area (Å²) in [5.74, 6) is 2.27. The summed E-state index contributed by atoms with van der Waals surface area (Å²) in [7, 11) is 3.84. The van der Waals surface area contributed by atoms with E-state index in [1.807, 2.05) is 25.3 Å². The molecule has 0 aliphatic carbocycles. The molecule has 5 nitrogen and oxygen atoms in total. The van der Waals surface area contributed by atoms with Crippen LogP contribution in [0, 0.1) is 0 Å². The van der Waals surface area contributed by atoms with E-state index in [2.05, 4.69) is 21.8 Å². The molecule has 1 heterocycles. The van der Waals surface area contributed by atoms with Crippen LogP contribution in [0.1, 0.15) is 18.4 Å². The number of aliphatic imine (C=N–C) groups is 1. The minimum Gasteiger partial charge on any atom is -0.486 e. The fourth-order valence-corrected chi connectivity index (χ4v) is 2.88. The molecule has 1 aliphatic rings. The molecule has 1 N–H and O–H groups in total. The van der Waals surface area contributed by atoms with Crippen LogP contribution in [-0.2, 0) is 6.42 Å². The van der Waals surface area contributed by atoms with E-state index in [0.717, 1.165) is 49.6 Å². The van der Waals surface area contributed by atoms with E-state index in [-0.39, 0.29) is 24.0 Å². The summed E-state index contributed by atoms with van der Waals surface area (Å²) in [6.07, 6.45) is 4.85. The van der Waals surface area contributed by atoms with Crippen molar-refractivity contribution < 1.29 is 9.47 Å². The lowest BCUT2D eigenvalue weighted by Gasteiger charge is -2.22. The molecule has 2 rings (SSSR count). The molecule has 0 unspecified atom stereocenters. The topological polar surface area (TPSA) is 46.1 Å². The Kier molecular flexibility index (Phi) is 10.0. The number of fused-ring (bicyclic) bond motifs is 1. The molecule has 140 valence electrons. The highest BCUT2D eigenvalue weighted by molar-refractivity contribution is 14.0. The van der Waals surface area contributed by atoms with Crippen molar-refractivity contribution in [1.29, 1.82) is 0 Å². The minimum atomic E-state index is 0. The number of allylic oxidation sites excluding steroid dienone is 1. The first kappa shape index (κ1) is 21.9. The molecular weight excluding hydrogens is 453 g/mol. The molecule has 1 aromatic carbocycles. The molecule has 0 saturated heterocycles. The number of ether oxygens (including phenoxy) is 2. The van der Waals surface area contributed by atoms with Crippen molar-refractivity contribution in [3.63, 3.8) is 0 Å². The molecule has 0 saturated carbocycles. The second-order valence-electron chi connectivity index (χ2n) is 5.68. The highest BCUT2D eigenvalue weighted by atomic mass is 127. The van der Waals surface area contributed by atoms with E-state index in [1.54, 1.807) is 7.05 Å². The lowest BCUT2D eigenvalue weighted by molar-refractivity contribution is 0.171. The van der Waals surface area contributed by atoms with Gasteiger partial charge in [-0.05, 0) is 37.0 Å². The van der Waals surface area contributed by atoms with Crippen molar-refractivity contribution in [2.75, 3.05) is 40.4 Å². The maximum atomic E-state index is 6.27. The maximum Gasteiger partial charge on any atom is 0.193 e. The normalized spacial score (nSPS) is 13.0. The van der Waals surface area contributed by atoms with E-state index < -0.39 is 0 Å². The number of unbranched alkanes of at least 4 members (excludes halogenated alkanes) is 1. The Balaban J connectivity index is 0.00000312. The van der Waals surface area contributed by atoms with Crippen LogP contribution in [0.15, 0.2) is 29.8 Å². The standard InChI is InChI=1S/C18H26ClN3O2.HI/c1-4-5-6-9-22(3)18(20-2)21-8-7-14-12-15(19)17-16(13-14)23-10-11-24-17;/h4,12-13H,1,5-11H2,2-3H3,(H,20,21);1H. The Bertz CT molecular complexity index is 596. The van der Waals surface area contributed by atoms with Crippen molar-refractivity contribution in [1.82, 2.24) is 10.2 Å². The molecule has 0 bridgehead atoms. The molecule has 1 aromatic rings. The number of hydrogen-bond acceptors (Lipinski definition) is 3. The first-order valence-electron chi connectivity index (χ1n) is 8.26. The number of benzene rings is 1. The van der Waals surface area contributed by atoms with Crippen LogP contribution >= 0.6 is 35.6 Å². The fraction of sp³-hybridized carbons (Fsp3) is 0.500. The van der Waals surface area contributed by atoms with E-state index in [1.165, 1.54) is 0 Å². The minimum absolute atomic E-state index is 0. The maximum absolute atomic E-state index is 6.27. The van der Waals surface area contributed by atoms with Crippen LogP contribution in [0.25, 0.3) is 0 Å². The quantitative estimate of drug-likeness (QED) is 0.213. The third-order valence-electron chi connectivity index (χ3n) is 3.83. The highest BCUT2D eigenvalue weighted by Crippen LogP contribution is 2.38. The van der Waals surface area contributed by atoms with Crippen molar-refractivity contribution in [2.24, 2.45) is 4.99 Å². The van der Waals surface area contributed by atoms with Gasteiger partial charge in [0.05, 0.1) is 5.02 Å². The Labute approximate surface area is 172 Å². The van der Waals surface area contributed by atoms with E-state index in [0.29, 0.717) is 24.0 Å². The van der Waals surface area contributed by atoms with E-state index >= 15 is 0 Å². The summed E-state index contributed by atoms with van der Waals surface area (Å²) in [4.78, 5) is 6.45. The number of nitrogens with zero attached hydrogens (tertiary/aromatic N) is 2. The zero-order chi connectivity index (χ0) is 17.4. The van der Waals surface area contributed by atoms with Gasteiger partial charge in [-0.15, -0.1) is 30.6 Å². The van der Waals surface area contributed by atoms with Gasteiger partial charge in [0, 0.05) is 27.2 Å². The zero-order valence-electron chi connectivity index (χ0n) is 14.9. The average Bonchev–Trinajstić information content (AvgIpc) is 2.59.